The first kappa shape index (κ1) is 12.1. The minimum absolute atomic E-state index is 0.426. The molecule has 1 aliphatic heterocycles. The molecule has 0 aromatic heterocycles. The van der Waals surface area contributed by atoms with Crippen molar-refractivity contribution in [2.24, 2.45) is 0 Å². The monoisotopic (exact) mass is 282 g/mol. The summed E-state index contributed by atoms with van der Waals surface area (Å²) in [6, 6.07) is 9.63. The standard InChI is InChI=1S/C13H19BrN2/c1-10(11-4-6-12(14)7-5-11)16-9-13-3-2-8-15-13/h4-7,10,13,15-16H,2-3,8-9H2,1H3. The molecule has 2 nitrogen and oxygen atoms in total. The Bertz CT molecular complexity index is 317. The van der Waals surface area contributed by atoms with Gasteiger partial charge in [0.2, 0.25) is 0 Å². The predicted molar refractivity (Wildman–Crippen MR) is 71.6 cm³/mol. The topological polar surface area (TPSA) is 24.1 Å². The smallest absolute Gasteiger partial charge is 0.0292 e. The fraction of sp³-hybridized carbons (Fsp3) is 0.538. The van der Waals surface area contributed by atoms with Crippen LogP contribution in [-0.4, -0.2) is 19.1 Å². The predicted octanol–water partition coefficient (Wildman–Crippen LogP) is 2.85. The summed E-state index contributed by atoms with van der Waals surface area (Å²) in [6.07, 6.45) is 2.62. The van der Waals surface area contributed by atoms with E-state index in [9.17, 15) is 0 Å². The van der Waals surface area contributed by atoms with Gasteiger partial charge in [-0.2, -0.15) is 0 Å². The first-order valence-electron chi connectivity index (χ1n) is 5.98. The van der Waals surface area contributed by atoms with Gasteiger partial charge in [0.15, 0.2) is 0 Å². The highest BCUT2D eigenvalue weighted by molar-refractivity contribution is 9.10. The van der Waals surface area contributed by atoms with E-state index in [1.165, 1.54) is 24.9 Å². The Morgan fingerprint density at radius 3 is 2.81 bits per heavy atom. The van der Waals surface area contributed by atoms with Gasteiger partial charge in [-0.3, -0.25) is 0 Å². The van der Waals surface area contributed by atoms with Crippen molar-refractivity contribution in [3.8, 4) is 0 Å². The van der Waals surface area contributed by atoms with Gasteiger partial charge in [0.25, 0.3) is 0 Å². The molecule has 0 aliphatic carbocycles. The molecule has 0 saturated carbocycles. The molecule has 0 amide bonds. The quantitative estimate of drug-likeness (QED) is 0.888. The molecule has 2 atom stereocenters. The van der Waals surface area contributed by atoms with Crippen LogP contribution in [0.5, 0.6) is 0 Å². The van der Waals surface area contributed by atoms with Gasteiger partial charge in [-0.05, 0) is 44.0 Å². The van der Waals surface area contributed by atoms with Crippen LogP contribution in [0.3, 0.4) is 0 Å². The van der Waals surface area contributed by atoms with Gasteiger partial charge in [0.05, 0.1) is 0 Å². The maximum absolute atomic E-state index is 3.58. The van der Waals surface area contributed by atoms with E-state index in [-0.39, 0.29) is 0 Å². The second kappa shape index (κ2) is 5.80. The zero-order valence-corrected chi connectivity index (χ0v) is 11.3. The van der Waals surface area contributed by atoms with Gasteiger partial charge in [-0.1, -0.05) is 28.1 Å². The summed E-state index contributed by atoms with van der Waals surface area (Å²) in [5.41, 5.74) is 1.35. The molecule has 0 spiro atoms. The van der Waals surface area contributed by atoms with Gasteiger partial charge in [-0.15, -0.1) is 0 Å². The SMILES string of the molecule is CC(NCC1CCCN1)c1ccc(Br)cc1. The van der Waals surface area contributed by atoms with E-state index < -0.39 is 0 Å². The molecular weight excluding hydrogens is 264 g/mol. The second-order valence-electron chi connectivity index (χ2n) is 4.47. The zero-order chi connectivity index (χ0) is 11.4. The van der Waals surface area contributed by atoms with Crippen LogP contribution in [0.4, 0.5) is 0 Å². The van der Waals surface area contributed by atoms with Crippen LogP contribution in [0.15, 0.2) is 28.7 Å². The molecule has 1 aromatic carbocycles. The van der Waals surface area contributed by atoms with E-state index in [0.717, 1.165) is 11.0 Å². The summed E-state index contributed by atoms with van der Waals surface area (Å²) in [5.74, 6) is 0. The zero-order valence-electron chi connectivity index (χ0n) is 9.67. The minimum Gasteiger partial charge on any atom is -0.313 e. The van der Waals surface area contributed by atoms with Crippen molar-refractivity contribution >= 4 is 15.9 Å². The van der Waals surface area contributed by atoms with Gasteiger partial charge >= 0.3 is 0 Å². The van der Waals surface area contributed by atoms with Crippen molar-refractivity contribution in [1.29, 1.82) is 0 Å². The lowest BCUT2D eigenvalue weighted by Gasteiger charge is -2.17. The molecule has 2 N–H and O–H groups in total. The van der Waals surface area contributed by atoms with Crippen LogP contribution >= 0.6 is 15.9 Å². The summed E-state index contributed by atoms with van der Waals surface area (Å²) in [7, 11) is 0. The Morgan fingerprint density at radius 1 is 1.44 bits per heavy atom. The lowest BCUT2D eigenvalue weighted by atomic mass is 10.1. The number of nitrogens with one attached hydrogen (secondary N) is 2. The number of halogens is 1. The lowest BCUT2D eigenvalue weighted by molar-refractivity contribution is 0.490. The lowest BCUT2D eigenvalue weighted by Crippen LogP contribution is -2.35. The average molecular weight is 283 g/mol. The fourth-order valence-electron chi connectivity index (χ4n) is 2.12. The van der Waals surface area contributed by atoms with E-state index in [2.05, 4.69) is 57.8 Å². The molecule has 2 unspecified atom stereocenters. The average Bonchev–Trinajstić information content (AvgIpc) is 2.80. The normalized spacial score (nSPS) is 22.2. The highest BCUT2D eigenvalue weighted by Crippen LogP contribution is 2.16. The van der Waals surface area contributed by atoms with Crippen LogP contribution in [0.25, 0.3) is 0 Å². The summed E-state index contributed by atoms with van der Waals surface area (Å²) in [4.78, 5) is 0. The van der Waals surface area contributed by atoms with Crippen molar-refractivity contribution in [1.82, 2.24) is 10.6 Å². The molecule has 3 heteroatoms. The Balaban J connectivity index is 1.82. The molecule has 0 radical (unpaired) electrons. The van der Waals surface area contributed by atoms with Crippen LogP contribution in [-0.2, 0) is 0 Å². The first-order valence-corrected chi connectivity index (χ1v) is 6.77. The highest BCUT2D eigenvalue weighted by atomic mass is 79.9. The maximum atomic E-state index is 3.58. The molecule has 1 aliphatic rings. The largest absolute Gasteiger partial charge is 0.313 e. The number of hydrogen-bond donors (Lipinski definition) is 2. The molecule has 88 valence electrons. The molecule has 1 fully saturated rings. The molecule has 1 saturated heterocycles. The van der Waals surface area contributed by atoms with Crippen molar-refractivity contribution < 1.29 is 0 Å². The third-order valence-electron chi connectivity index (χ3n) is 3.20. The van der Waals surface area contributed by atoms with E-state index in [0.29, 0.717) is 12.1 Å². The molecular formula is C13H19BrN2. The Morgan fingerprint density at radius 2 is 2.19 bits per heavy atom. The third kappa shape index (κ3) is 3.30. The summed E-state index contributed by atoms with van der Waals surface area (Å²) >= 11 is 3.46. The second-order valence-corrected chi connectivity index (χ2v) is 5.39. The molecule has 1 heterocycles. The minimum atomic E-state index is 0.426. The molecule has 16 heavy (non-hydrogen) atoms. The van der Waals surface area contributed by atoms with Crippen molar-refractivity contribution in [3.63, 3.8) is 0 Å². The Labute approximate surface area is 106 Å². The fourth-order valence-corrected chi connectivity index (χ4v) is 2.38. The van der Waals surface area contributed by atoms with Crippen LogP contribution < -0.4 is 10.6 Å². The van der Waals surface area contributed by atoms with Crippen LogP contribution in [0.2, 0.25) is 0 Å². The Hall–Kier alpha value is -0.380. The number of rotatable bonds is 4. The Kier molecular flexibility index (Phi) is 4.38. The van der Waals surface area contributed by atoms with Crippen LogP contribution in [0, 0.1) is 0 Å². The molecule has 2 rings (SSSR count). The van der Waals surface area contributed by atoms with Gasteiger partial charge in [0.1, 0.15) is 0 Å². The van der Waals surface area contributed by atoms with E-state index in [1.54, 1.807) is 0 Å². The van der Waals surface area contributed by atoms with Crippen molar-refractivity contribution in [2.45, 2.75) is 31.8 Å². The van der Waals surface area contributed by atoms with Gasteiger partial charge in [0, 0.05) is 23.1 Å². The molecule has 0 bridgehead atoms. The highest BCUT2D eigenvalue weighted by Gasteiger charge is 2.14. The van der Waals surface area contributed by atoms with Gasteiger partial charge < -0.3 is 10.6 Å². The summed E-state index contributed by atoms with van der Waals surface area (Å²) in [5, 5.41) is 7.09. The van der Waals surface area contributed by atoms with E-state index >= 15 is 0 Å². The number of hydrogen-bond acceptors (Lipinski definition) is 2. The van der Waals surface area contributed by atoms with Crippen molar-refractivity contribution in [3.05, 3.63) is 34.3 Å². The summed E-state index contributed by atoms with van der Waals surface area (Å²) < 4.78 is 1.14. The van der Waals surface area contributed by atoms with E-state index in [4.69, 9.17) is 0 Å². The van der Waals surface area contributed by atoms with Crippen molar-refractivity contribution in [2.75, 3.05) is 13.1 Å². The third-order valence-corrected chi connectivity index (χ3v) is 3.73. The first-order chi connectivity index (χ1) is 7.75. The van der Waals surface area contributed by atoms with Crippen LogP contribution in [0.1, 0.15) is 31.4 Å². The van der Waals surface area contributed by atoms with E-state index in [1.807, 2.05) is 0 Å². The molecule has 1 aromatic rings. The van der Waals surface area contributed by atoms with Gasteiger partial charge in [-0.25, -0.2) is 0 Å². The number of benzene rings is 1. The summed E-state index contributed by atoms with van der Waals surface area (Å²) in [6.45, 7) is 4.47. The maximum Gasteiger partial charge on any atom is 0.0292 e.